The lowest BCUT2D eigenvalue weighted by atomic mass is 10.0. The second-order valence-electron chi connectivity index (χ2n) is 26.9. The summed E-state index contributed by atoms with van der Waals surface area (Å²) in [5.41, 5.74) is 0. The van der Waals surface area contributed by atoms with Crippen molar-refractivity contribution < 1.29 is 42.9 Å². The van der Waals surface area contributed by atoms with Gasteiger partial charge in [0.15, 0.2) is 6.10 Å². The average Bonchev–Trinajstić information content (AvgIpc) is 3.74. The third-order valence-electron chi connectivity index (χ3n) is 16.7. The lowest BCUT2D eigenvalue weighted by Crippen LogP contribution is -2.40. The summed E-state index contributed by atoms with van der Waals surface area (Å²) in [5.74, 6) is -1.99. The van der Waals surface area contributed by atoms with E-state index < -0.39 is 24.3 Å². The molecule has 93 heavy (non-hydrogen) atoms. The highest BCUT2D eigenvalue weighted by molar-refractivity contribution is 5.71. The molecular weight excluding hydrogens is 1150 g/mol. The lowest BCUT2D eigenvalue weighted by molar-refractivity contribution is -0.870. The van der Waals surface area contributed by atoms with Crippen molar-refractivity contribution >= 4 is 17.9 Å². The van der Waals surface area contributed by atoms with E-state index in [0.29, 0.717) is 17.4 Å². The molecule has 0 aliphatic rings. The molecule has 2 unspecified atom stereocenters. The highest BCUT2D eigenvalue weighted by Crippen LogP contribution is 2.18. The zero-order valence-electron chi connectivity index (χ0n) is 61.1. The van der Waals surface area contributed by atoms with Crippen LogP contribution in [0.2, 0.25) is 0 Å². The van der Waals surface area contributed by atoms with Crippen LogP contribution in [0.15, 0.2) is 122 Å². The number of carboxylic acid groups (broad SMARTS) is 1. The van der Waals surface area contributed by atoms with Crippen LogP contribution in [-0.4, -0.2) is 87.4 Å². The number of likely N-dealkylation sites (N-methyl/N-ethyl adjacent to an activating group) is 1. The number of unbranched alkanes of at least 4 members (excludes halogenated alkanes) is 36. The molecule has 0 saturated heterocycles. The fourth-order valence-electron chi connectivity index (χ4n) is 10.9. The average molecular weight is 1300 g/mol. The first kappa shape index (κ1) is 88.7. The Bertz CT molecular complexity index is 1950. The van der Waals surface area contributed by atoms with Gasteiger partial charge in [0.25, 0.3) is 6.29 Å². The van der Waals surface area contributed by atoms with E-state index in [1.165, 1.54) is 205 Å². The van der Waals surface area contributed by atoms with Crippen molar-refractivity contribution in [3.63, 3.8) is 0 Å². The van der Waals surface area contributed by atoms with Crippen LogP contribution in [0.3, 0.4) is 0 Å². The summed E-state index contributed by atoms with van der Waals surface area (Å²) in [6.07, 6.45) is 102. The molecule has 0 aromatic heterocycles. The van der Waals surface area contributed by atoms with Crippen molar-refractivity contribution in [2.45, 2.75) is 347 Å². The largest absolute Gasteiger partial charge is 0.477 e. The minimum Gasteiger partial charge on any atom is -0.477 e. The highest BCUT2D eigenvalue weighted by atomic mass is 16.7. The van der Waals surface area contributed by atoms with E-state index in [-0.39, 0.29) is 32.2 Å². The lowest BCUT2D eigenvalue weighted by Gasteiger charge is -2.25. The first-order valence-electron chi connectivity index (χ1n) is 38.7. The fraction of sp³-hybridized carbons (Fsp3) is 0.726. The number of carboxylic acids is 1. The SMILES string of the molecule is CC/C=C\C/C=C\C/C=C\C/C=C\C/C=C\C/C=C\CCCCCCCCCCCCCCCCC(=O)OC(COC(=O)CCCCCCCCCCCCCCCCCCCCCCCC/C=C\C/C=C\C/C=C\C/C=C\CC)COC(OCC[N+](C)(C)C)C(=O)O. The molecule has 0 heterocycles. The zero-order chi connectivity index (χ0) is 67.5. The topological polar surface area (TPSA) is 108 Å². The molecule has 9 heteroatoms. The molecule has 0 fully saturated rings. The molecule has 0 aromatic rings. The predicted octanol–water partition coefficient (Wildman–Crippen LogP) is 24.7. The maximum atomic E-state index is 13.0. The number of quaternary nitrogens is 1. The van der Waals surface area contributed by atoms with Gasteiger partial charge < -0.3 is 28.5 Å². The van der Waals surface area contributed by atoms with E-state index in [1.807, 2.05) is 21.1 Å². The minimum atomic E-state index is -1.52. The van der Waals surface area contributed by atoms with Gasteiger partial charge in [0.2, 0.25) is 0 Å². The summed E-state index contributed by atoms with van der Waals surface area (Å²) in [4.78, 5) is 37.7. The molecule has 0 aromatic carbocycles. The Balaban J connectivity index is 4.04. The molecule has 0 rings (SSSR count). The molecule has 9 nitrogen and oxygen atoms in total. The summed E-state index contributed by atoms with van der Waals surface area (Å²) < 4.78 is 23.0. The number of rotatable bonds is 71. The molecule has 0 amide bonds. The van der Waals surface area contributed by atoms with E-state index in [0.717, 1.165) is 103 Å². The zero-order valence-corrected chi connectivity index (χ0v) is 61.1. The van der Waals surface area contributed by atoms with Crippen LogP contribution in [-0.2, 0) is 33.3 Å². The van der Waals surface area contributed by atoms with Crippen molar-refractivity contribution in [2.75, 3.05) is 47.5 Å². The van der Waals surface area contributed by atoms with Gasteiger partial charge in [-0.3, -0.25) is 9.59 Å². The fourth-order valence-corrected chi connectivity index (χ4v) is 10.9. The summed E-state index contributed by atoms with van der Waals surface area (Å²) in [6, 6.07) is 0. The van der Waals surface area contributed by atoms with E-state index in [9.17, 15) is 19.5 Å². The summed E-state index contributed by atoms with van der Waals surface area (Å²) in [5, 5.41) is 9.77. The maximum absolute atomic E-state index is 13.0. The number of hydrogen-bond donors (Lipinski definition) is 1. The van der Waals surface area contributed by atoms with Crippen LogP contribution in [0, 0.1) is 0 Å². The number of aliphatic carboxylic acids is 1. The molecule has 534 valence electrons. The number of carbonyl (C=O) groups excluding carboxylic acids is 2. The Labute approximate surface area is 574 Å². The van der Waals surface area contributed by atoms with Crippen LogP contribution >= 0.6 is 0 Å². The van der Waals surface area contributed by atoms with Crippen LogP contribution in [0.4, 0.5) is 0 Å². The van der Waals surface area contributed by atoms with Crippen molar-refractivity contribution in [1.29, 1.82) is 0 Å². The van der Waals surface area contributed by atoms with E-state index in [1.54, 1.807) is 0 Å². The van der Waals surface area contributed by atoms with Gasteiger partial charge in [0, 0.05) is 12.8 Å². The van der Waals surface area contributed by atoms with Gasteiger partial charge in [-0.2, -0.15) is 0 Å². The third-order valence-corrected chi connectivity index (χ3v) is 16.7. The summed E-state index contributed by atoms with van der Waals surface area (Å²) in [6.45, 7) is 4.68. The predicted molar refractivity (Wildman–Crippen MR) is 401 cm³/mol. The molecule has 0 spiro atoms. The van der Waals surface area contributed by atoms with Crippen molar-refractivity contribution in [1.82, 2.24) is 0 Å². The number of esters is 2. The maximum Gasteiger partial charge on any atom is 0.361 e. The molecule has 1 N–H and O–H groups in total. The smallest absolute Gasteiger partial charge is 0.361 e. The first-order chi connectivity index (χ1) is 45.6. The first-order valence-corrected chi connectivity index (χ1v) is 38.7. The number of allylic oxidation sites excluding steroid dienone is 20. The minimum absolute atomic E-state index is 0.183. The molecule has 0 aliphatic carbocycles. The molecule has 0 bridgehead atoms. The Morgan fingerprint density at radius 2 is 0.581 bits per heavy atom. The normalized spacial score (nSPS) is 13.3. The quantitative estimate of drug-likeness (QED) is 0.0211. The number of carbonyl (C=O) groups is 3. The molecular formula is C84H146NO8+. The summed E-state index contributed by atoms with van der Waals surface area (Å²) >= 11 is 0. The van der Waals surface area contributed by atoms with Gasteiger partial charge in [0.05, 0.1) is 34.4 Å². The standard InChI is InChI=1S/C84H145NO8/c1-6-8-10-12-14-16-18-20-22-24-26-28-30-32-34-36-38-40-41-43-44-46-48-50-52-54-56-58-60-62-64-66-68-70-72-74-81(86)91-78-80(79-92-84(83(88)89)90-77-76-85(3,4)5)93-82(87)75-73-71-69-67-65-63-61-59-57-55-53-51-49-47-45-42-39-37-35-33-31-29-27-25-23-21-19-17-15-13-11-9-7-2/h8-11,14-17,20-23,26-29,33,35,39,42,80,84H,6-7,12-13,18-19,24-25,30-32,34,36-38,40-41,43-79H2,1-5H3/p+1/b10-8-,11-9-,16-14-,17-15-,22-20-,23-21-,28-26-,29-27-,35-33-,42-39-. The number of ether oxygens (including phenoxy) is 4. The van der Waals surface area contributed by atoms with Crippen molar-refractivity contribution in [3.05, 3.63) is 122 Å². The van der Waals surface area contributed by atoms with Gasteiger partial charge >= 0.3 is 17.9 Å². The van der Waals surface area contributed by atoms with Crippen molar-refractivity contribution in [2.24, 2.45) is 0 Å². The van der Waals surface area contributed by atoms with E-state index in [4.69, 9.17) is 18.9 Å². The molecule has 0 aliphatic heterocycles. The van der Waals surface area contributed by atoms with Crippen LogP contribution in [0.25, 0.3) is 0 Å². The van der Waals surface area contributed by atoms with Crippen LogP contribution in [0.1, 0.15) is 335 Å². The Morgan fingerprint density at radius 3 is 0.860 bits per heavy atom. The second kappa shape index (κ2) is 73.5. The highest BCUT2D eigenvalue weighted by Gasteiger charge is 2.25. The van der Waals surface area contributed by atoms with Gasteiger partial charge in [0.1, 0.15) is 13.2 Å². The van der Waals surface area contributed by atoms with Gasteiger partial charge in [-0.25, -0.2) is 4.79 Å². The van der Waals surface area contributed by atoms with Crippen LogP contribution in [0.5, 0.6) is 0 Å². The molecule has 2 atom stereocenters. The molecule has 0 radical (unpaired) electrons. The van der Waals surface area contributed by atoms with E-state index >= 15 is 0 Å². The number of nitrogens with zero attached hydrogens (tertiary/aromatic N) is 1. The third kappa shape index (κ3) is 74.9. The van der Waals surface area contributed by atoms with Crippen LogP contribution < -0.4 is 0 Å². The Morgan fingerprint density at radius 1 is 0.323 bits per heavy atom. The monoisotopic (exact) mass is 1300 g/mol. The Kier molecular flexibility index (Phi) is 70.1. The van der Waals surface area contributed by atoms with E-state index in [2.05, 4.69) is 135 Å². The van der Waals surface area contributed by atoms with Gasteiger partial charge in [-0.1, -0.05) is 341 Å². The summed E-state index contributed by atoms with van der Waals surface area (Å²) in [7, 11) is 5.99. The second-order valence-corrected chi connectivity index (χ2v) is 26.9. The van der Waals surface area contributed by atoms with Gasteiger partial charge in [-0.15, -0.1) is 0 Å². The number of hydrogen-bond acceptors (Lipinski definition) is 7. The van der Waals surface area contributed by atoms with Gasteiger partial charge in [-0.05, 0) is 103 Å². The van der Waals surface area contributed by atoms with Crippen molar-refractivity contribution in [3.8, 4) is 0 Å². The molecule has 0 saturated carbocycles. The Hall–Kier alpha value is -4.31.